The van der Waals surface area contributed by atoms with Gasteiger partial charge in [-0.1, -0.05) is 0 Å². The van der Waals surface area contributed by atoms with Gasteiger partial charge in [0.05, 0.1) is 19.0 Å². The Bertz CT molecular complexity index is 454. The molecule has 0 spiro atoms. The van der Waals surface area contributed by atoms with Gasteiger partial charge in [-0.15, -0.1) is 5.10 Å². The fourth-order valence-corrected chi connectivity index (χ4v) is 1.31. The fourth-order valence-electron chi connectivity index (χ4n) is 1.31. The Morgan fingerprint density at radius 3 is 2.47 bits per heavy atom. The number of benzene rings is 1. The zero-order valence-electron chi connectivity index (χ0n) is 8.34. The zero-order chi connectivity index (χ0) is 10.7. The first kappa shape index (κ1) is 9.45. The van der Waals surface area contributed by atoms with E-state index < -0.39 is 0 Å². The van der Waals surface area contributed by atoms with Gasteiger partial charge in [0.1, 0.15) is 11.4 Å². The number of anilines is 1. The van der Waals surface area contributed by atoms with Gasteiger partial charge in [0, 0.05) is 5.56 Å². The number of rotatable bonds is 2. The van der Waals surface area contributed by atoms with E-state index in [2.05, 4.69) is 10.2 Å². The molecule has 0 radical (unpaired) electrons. The number of hydrogen-bond acceptors (Lipinski definition) is 4. The molecule has 2 aromatic rings. The van der Waals surface area contributed by atoms with Crippen LogP contribution in [-0.4, -0.2) is 17.3 Å². The van der Waals surface area contributed by atoms with Crippen molar-refractivity contribution in [3.8, 4) is 17.0 Å². The summed E-state index contributed by atoms with van der Waals surface area (Å²) in [5.74, 6) is 0.807. The van der Waals surface area contributed by atoms with E-state index in [0.717, 1.165) is 11.3 Å². The monoisotopic (exact) mass is 201 g/mol. The summed E-state index contributed by atoms with van der Waals surface area (Å²) >= 11 is 0. The Balaban J connectivity index is 2.42. The Hall–Kier alpha value is -2.10. The molecule has 0 atom stereocenters. The first-order chi connectivity index (χ1) is 7.31. The maximum Gasteiger partial charge on any atom is 0.118 e. The van der Waals surface area contributed by atoms with Gasteiger partial charge in [-0.2, -0.15) is 5.10 Å². The summed E-state index contributed by atoms with van der Waals surface area (Å²) in [4.78, 5) is 0. The summed E-state index contributed by atoms with van der Waals surface area (Å²) in [5.41, 5.74) is 8.04. The van der Waals surface area contributed by atoms with Gasteiger partial charge in [-0.05, 0) is 30.3 Å². The number of aromatic nitrogens is 2. The van der Waals surface area contributed by atoms with Crippen LogP contribution in [0.1, 0.15) is 0 Å². The summed E-state index contributed by atoms with van der Waals surface area (Å²) in [5, 5.41) is 7.79. The van der Waals surface area contributed by atoms with Crippen molar-refractivity contribution >= 4 is 5.69 Å². The Kier molecular flexibility index (Phi) is 2.49. The minimum absolute atomic E-state index is 0.621. The predicted octanol–water partition coefficient (Wildman–Crippen LogP) is 1.73. The summed E-state index contributed by atoms with van der Waals surface area (Å²) in [7, 11) is 1.63. The van der Waals surface area contributed by atoms with Crippen LogP contribution >= 0.6 is 0 Å². The summed E-state index contributed by atoms with van der Waals surface area (Å²) in [6, 6.07) is 9.26. The molecule has 76 valence electrons. The summed E-state index contributed by atoms with van der Waals surface area (Å²) < 4.78 is 5.07. The molecule has 1 aromatic heterocycles. The third-order valence-corrected chi connectivity index (χ3v) is 2.12. The van der Waals surface area contributed by atoms with Crippen molar-refractivity contribution < 1.29 is 4.74 Å². The molecule has 4 nitrogen and oxygen atoms in total. The van der Waals surface area contributed by atoms with Crippen molar-refractivity contribution in [1.82, 2.24) is 10.2 Å². The lowest BCUT2D eigenvalue weighted by Crippen LogP contribution is -1.94. The molecule has 0 saturated heterocycles. The van der Waals surface area contributed by atoms with Crippen molar-refractivity contribution in [3.63, 3.8) is 0 Å². The van der Waals surface area contributed by atoms with Gasteiger partial charge in [0.25, 0.3) is 0 Å². The number of ether oxygens (including phenoxy) is 1. The van der Waals surface area contributed by atoms with Crippen LogP contribution in [0.2, 0.25) is 0 Å². The molecule has 0 fully saturated rings. The van der Waals surface area contributed by atoms with Crippen molar-refractivity contribution in [2.75, 3.05) is 12.8 Å². The molecule has 1 aromatic carbocycles. The van der Waals surface area contributed by atoms with Crippen molar-refractivity contribution in [1.29, 1.82) is 0 Å². The lowest BCUT2D eigenvalue weighted by molar-refractivity contribution is 0.415. The highest BCUT2D eigenvalue weighted by molar-refractivity contribution is 5.71. The van der Waals surface area contributed by atoms with E-state index >= 15 is 0 Å². The van der Waals surface area contributed by atoms with Gasteiger partial charge in [-0.3, -0.25) is 0 Å². The first-order valence-electron chi connectivity index (χ1n) is 4.53. The van der Waals surface area contributed by atoms with Crippen LogP contribution in [0.25, 0.3) is 11.3 Å². The summed E-state index contributed by atoms with van der Waals surface area (Å²) in [6.07, 6.45) is 1.57. The number of nitrogen functional groups attached to an aromatic ring is 1. The zero-order valence-corrected chi connectivity index (χ0v) is 8.34. The molecule has 0 unspecified atom stereocenters. The number of hydrogen-bond donors (Lipinski definition) is 1. The second-order valence-electron chi connectivity index (χ2n) is 3.06. The lowest BCUT2D eigenvalue weighted by Gasteiger charge is -2.04. The Morgan fingerprint density at radius 2 is 1.87 bits per heavy atom. The standard InChI is InChI=1S/C11H11N3O/c1-15-9-4-2-8(3-5-9)11-10(12)6-7-13-14-11/h2-7H,1H3,(H2,12,13). The largest absolute Gasteiger partial charge is 0.497 e. The van der Waals surface area contributed by atoms with Crippen LogP contribution in [0.4, 0.5) is 5.69 Å². The first-order valence-corrected chi connectivity index (χ1v) is 4.53. The topological polar surface area (TPSA) is 61.0 Å². The molecule has 0 amide bonds. The number of nitrogens with two attached hydrogens (primary N) is 1. The van der Waals surface area contributed by atoms with E-state index in [1.165, 1.54) is 0 Å². The minimum Gasteiger partial charge on any atom is -0.497 e. The van der Waals surface area contributed by atoms with Gasteiger partial charge in [-0.25, -0.2) is 0 Å². The molecule has 0 aliphatic rings. The van der Waals surface area contributed by atoms with E-state index in [1.807, 2.05) is 24.3 Å². The Morgan fingerprint density at radius 1 is 1.13 bits per heavy atom. The smallest absolute Gasteiger partial charge is 0.118 e. The minimum atomic E-state index is 0.621. The van der Waals surface area contributed by atoms with Gasteiger partial charge >= 0.3 is 0 Å². The molecule has 2 N–H and O–H groups in total. The quantitative estimate of drug-likeness (QED) is 0.803. The third-order valence-electron chi connectivity index (χ3n) is 2.12. The van der Waals surface area contributed by atoms with Crippen LogP contribution in [0.3, 0.4) is 0 Å². The van der Waals surface area contributed by atoms with Crippen LogP contribution in [0.15, 0.2) is 36.5 Å². The van der Waals surface area contributed by atoms with Crippen molar-refractivity contribution in [2.24, 2.45) is 0 Å². The third kappa shape index (κ3) is 1.88. The molecule has 0 aliphatic heterocycles. The maximum atomic E-state index is 5.79. The SMILES string of the molecule is COc1ccc(-c2nnccc2N)cc1. The lowest BCUT2D eigenvalue weighted by atomic mass is 10.1. The van der Waals surface area contributed by atoms with Gasteiger partial charge < -0.3 is 10.5 Å². The van der Waals surface area contributed by atoms with Crippen molar-refractivity contribution in [2.45, 2.75) is 0 Å². The van der Waals surface area contributed by atoms with Crippen LogP contribution in [-0.2, 0) is 0 Å². The fraction of sp³-hybridized carbons (Fsp3) is 0.0909. The van der Waals surface area contributed by atoms with E-state index in [0.29, 0.717) is 11.4 Å². The van der Waals surface area contributed by atoms with E-state index in [-0.39, 0.29) is 0 Å². The highest BCUT2D eigenvalue weighted by Gasteiger charge is 2.03. The maximum absolute atomic E-state index is 5.79. The molecule has 0 aliphatic carbocycles. The van der Waals surface area contributed by atoms with E-state index in [4.69, 9.17) is 10.5 Å². The molecule has 2 rings (SSSR count). The van der Waals surface area contributed by atoms with Crippen LogP contribution in [0.5, 0.6) is 5.75 Å². The van der Waals surface area contributed by atoms with Gasteiger partial charge in [0.15, 0.2) is 0 Å². The molecular formula is C11H11N3O. The van der Waals surface area contributed by atoms with Crippen molar-refractivity contribution in [3.05, 3.63) is 36.5 Å². The Labute approximate surface area is 87.7 Å². The summed E-state index contributed by atoms with van der Waals surface area (Å²) in [6.45, 7) is 0. The second kappa shape index (κ2) is 3.96. The average molecular weight is 201 g/mol. The molecule has 0 saturated carbocycles. The molecular weight excluding hydrogens is 190 g/mol. The number of methoxy groups -OCH3 is 1. The molecule has 15 heavy (non-hydrogen) atoms. The molecule has 1 heterocycles. The number of nitrogens with zero attached hydrogens (tertiary/aromatic N) is 2. The highest BCUT2D eigenvalue weighted by Crippen LogP contribution is 2.24. The average Bonchev–Trinajstić information content (AvgIpc) is 2.30. The predicted molar refractivity (Wildman–Crippen MR) is 58.4 cm³/mol. The molecule has 4 heteroatoms. The van der Waals surface area contributed by atoms with E-state index in [9.17, 15) is 0 Å². The van der Waals surface area contributed by atoms with Gasteiger partial charge in [0.2, 0.25) is 0 Å². The normalized spacial score (nSPS) is 9.93. The second-order valence-corrected chi connectivity index (χ2v) is 3.06. The van der Waals surface area contributed by atoms with E-state index in [1.54, 1.807) is 19.4 Å². The van der Waals surface area contributed by atoms with Crippen LogP contribution in [0, 0.1) is 0 Å². The van der Waals surface area contributed by atoms with Crippen LogP contribution < -0.4 is 10.5 Å². The molecule has 0 bridgehead atoms. The highest BCUT2D eigenvalue weighted by atomic mass is 16.5.